The third kappa shape index (κ3) is 4.59. The summed E-state index contributed by atoms with van der Waals surface area (Å²) in [5.41, 5.74) is 0.393. The minimum atomic E-state index is -0.786. The quantitative estimate of drug-likeness (QED) is 0.741. The molecule has 1 aliphatic rings. The maximum Gasteiger partial charge on any atom is 0.429 e. The maximum absolute atomic E-state index is 12.1. The van der Waals surface area contributed by atoms with E-state index in [2.05, 4.69) is 0 Å². The summed E-state index contributed by atoms with van der Waals surface area (Å²) in [5, 5.41) is 0. The number of fused-ring (bicyclic) bond motifs is 1. The largest absolute Gasteiger partial charge is 0.429 e. The van der Waals surface area contributed by atoms with Crippen molar-refractivity contribution in [1.82, 2.24) is 4.57 Å². The number of carbonyl (C=O) groups excluding carboxylic acids is 1. The summed E-state index contributed by atoms with van der Waals surface area (Å²) in [4.78, 5) is 23.9. The highest BCUT2D eigenvalue weighted by Gasteiger charge is 2.21. The van der Waals surface area contributed by atoms with Crippen molar-refractivity contribution in [2.75, 3.05) is 0 Å². The van der Waals surface area contributed by atoms with Crippen molar-refractivity contribution < 1.29 is 13.9 Å². The molecule has 0 saturated heterocycles. The molecule has 0 unspecified atom stereocenters. The second kappa shape index (κ2) is 10.0. The molecule has 24 heavy (non-hydrogen) atoms. The molecule has 0 atom stereocenters. The Bertz CT molecular complexity index is 751. The van der Waals surface area contributed by atoms with E-state index in [4.69, 9.17) is 9.15 Å². The van der Waals surface area contributed by atoms with Crippen LogP contribution < -0.4 is 10.5 Å². The molecule has 0 aliphatic heterocycles. The number of hydrogen-bond donors (Lipinski definition) is 0. The zero-order valence-corrected chi connectivity index (χ0v) is 14.5. The average molecular weight is 329 g/mol. The lowest BCUT2D eigenvalue weighted by molar-refractivity contribution is 0.200. The maximum atomic E-state index is 12.1. The van der Waals surface area contributed by atoms with Crippen LogP contribution in [0.5, 0.6) is 5.75 Å². The number of rotatable bonds is 1. The smallest absolute Gasteiger partial charge is 0.410 e. The molecule has 0 saturated carbocycles. The molecule has 5 heteroatoms. The summed E-state index contributed by atoms with van der Waals surface area (Å²) >= 11 is 0. The fourth-order valence-corrected chi connectivity index (χ4v) is 1.92. The fourth-order valence-electron chi connectivity index (χ4n) is 1.92. The predicted octanol–water partition coefficient (Wildman–Crippen LogP) is 4.97. The van der Waals surface area contributed by atoms with Crippen LogP contribution in [0.2, 0.25) is 0 Å². The highest BCUT2D eigenvalue weighted by atomic mass is 16.6. The molecule has 1 aromatic carbocycles. The van der Waals surface area contributed by atoms with Crippen LogP contribution in [0.15, 0.2) is 51.7 Å². The average Bonchev–Trinajstić information content (AvgIpc) is 2.79. The molecule has 3 rings (SSSR count). The second-order valence-corrected chi connectivity index (χ2v) is 4.17. The third-order valence-corrected chi connectivity index (χ3v) is 2.82. The Hall–Kier alpha value is -2.82. The highest BCUT2D eigenvalue weighted by Crippen LogP contribution is 2.17. The van der Waals surface area contributed by atoms with Crippen LogP contribution in [0, 0.1) is 0 Å². The van der Waals surface area contributed by atoms with E-state index in [1.165, 1.54) is 0 Å². The Kier molecular flexibility index (Phi) is 8.05. The molecule has 5 nitrogen and oxygen atoms in total. The van der Waals surface area contributed by atoms with Gasteiger partial charge in [0.2, 0.25) is 0 Å². The van der Waals surface area contributed by atoms with E-state index in [-0.39, 0.29) is 0 Å². The first-order chi connectivity index (χ1) is 11.8. The third-order valence-electron chi connectivity index (χ3n) is 2.82. The zero-order chi connectivity index (χ0) is 17.9. The summed E-state index contributed by atoms with van der Waals surface area (Å²) in [6, 6.07) is 8.56. The lowest BCUT2D eigenvalue weighted by atomic mass is 10.3. The molecular formula is C19H23NO4. The van der Waals surface area contributed by atoms with Gasteiger partial charge in [-0.15, -0.1) is 0 Å². The SMILES string of the molecule is CC.CC.O=C(Oc1ccccc1)n1c2c(oc1=O)C=CCC=C2. The van der Waals surface area contributed by atoms with Crippen LogP contribution in [0.1, 0.15) is 45.6 Å². The van der Waals surface area contributed by atoms with E-state index in [0.29, 0.717) is 23.6 Å². The summed E-state index contributed by atoms with van der Waals surface area (Å²) in [7, 11) is 0. The Morgan fingerprint density at radius 3 is 2.33 bits per heavy atom. The Labute approximate surface area is 141 Å². The van der Waals surface area contributed by atoms with Gasteiger partial charge >= 0.3 is 11.8 Å². The van der Waals surface area contributed by atoms with E-state index < -0.39 is 11.8 Å². The first-order valence-electron chi connectivity index (χ1n) is 8.12. The van der Waals surface area contributed by atoms with Crippen molar-refractivity contribution in [3.63, 3.8) is 0 Å². The van der Waals surface area contributed by atoms with Gasteiger partial charge in [-0.1, -0.05) is 58.0 Å². The van der Waals surface area contributed by atoms with E-state index in [1.807, 2.05) is 39.8 Å². The molecule has 1 aromatic heterocycles. The van der Waals surface area contributed by atoms with Crippen LogP contribution in [-0.2, 0) is 0 Å². The van der Waals surface area contributed by atoms with Crippen LogP contribution >= 0.6 is 0 Å². The molecule has 0 radical (unpaired) electrons. The standard InChI is InChI=1S/C15H11NO4.2C2H6/c17-14(19-11-7-3-1-4-8-11)16-12-9-5-2-6-10-13(12)20-15(16)18;2*1-2/h1,3-10H,2H2;2*1-2H3. The van der Waals surface area contributed by atoms with Crippen molar-refractivity contribution in [3.05, 3.63) is 64.5 Å². The summed E-state index contributed by atoms with van der Waals surface area (Å²) < 4.78 is 11.1. The number of benzene rings is 1. The number of ether oxygens (including phenoxy) is 1. The fraction of sp³-hybridized carbons (Fsp3) is 0.263. The van der Waals surface area contributed by atoms with Crippen LogP contribution in [0.25, 0.3) is 12.2 Å². The molecule has 0 bridgehead atoms. The normalized spacial score (nSPS) is 11.2. The number of para-hydroxylation sites is 1. The molecule has 1 heterocycles. The number of carbonyl (C=O) groups is 1. The van der Waals surface area contributed by atoms with Gasteiger partial charge in [0.05, 0.1) is 0 Å². The molecule has 1 aliphatic carbocycles. The van der Waals surface area contributed by atoms with Gasteiger partial charge in [0.1, 0.15) is 11.4 Å². The van der Waals surface area contributed by atoms with Crippen molar-refractivity contribution in [1.29, 1.82) is 0 Å². The van der Waals surface area contributed by atoms with Crippen LogP contribution in [0.3, 0.4) is 0 Å². The minimum Gasteiger partial charge on any atom is -0.410 e. The molecule has 0 N–H and O–H groups in total. The molecular weight excluding hydrogens is 306 g/mol. The zero-order valence-electron chi connectivity index (χ0n) is 14.5. The second-order valence-electron chi connectivity index (χ2n) is 4.17. The number of nitrogens with zero attached hydrogens (tertiary/aromatic N) is 1. The van der Waals surface area contributed by atoms with E-state index in [1.54, 1.807) is 42.5 Å². The summed E-state index contributed by atoms with van der Waals surface area (Å²) in [6.07, 6.45) is 6.95. The summed E-state index contributed by atoms with van der Waals surface area (Å²) in [5.74, 6) is -0.0339. The first-order valence-corrected chi connectivity index (χ1v) is 8.12. The van der Waals surface area contributed by atoms with E-state index in [9.17, 15) is 9.59 Å². The van der Waals surface area contributed by atoms with Crippen molar-refractivity contribution in [3.8, 4) is 5.75 Å². The van der Waals surface area contributed by atoms with Gasteiger partial charge in [0, 0.05) is 0 Å². The number of aromatic nitrogens is 1. The van der Waals surface area contributed by atoms with Gasteiger partial charge in [-0.05, 0) is 30.7 Å². The molecule has 128 valence electrons. The van der Waals surface area contributed by atoms with Gasteiger partial charge in [-0.2, -0.15) is 4.57 Å². The highest BCUT2D eigenvalue weighted by molar-refractivity contribution is 5.78. The van der Waals surface area contributed by atoms with Gasteiger partial charge in [-0.3, -0.25) is 0 Å². The molecule has 0 amide bonds. The number of allylic oxidation sites excluding steroid dienone is 2. The van der Waals surface area contributed by atoms with Gasteiger partial charge in [0.15, 0.2) is 5.76 Å². The van der Waals surface area contributed by atoms with Crippen LogP contribution in [-0.4, -0.2) is 10.7 Å². The number of hydrogen-bond acceptors (Lipinski definition) is 4. The molecule has 0 fully saturated rings. The Morgan fingerprint density at radius 2 is 1.67 bits per heavy atom. The monoisotopic (exact) mass is 329 g/mol. The lowest BCUT2D eigenvalue weighted by Gasteiger charge is -2.04. The minimum absolute atomic E-state index is 0.355. The first kappa shape index (κ1) is 19.2. The van der Waals surface area contributed by atoms with Crippen molar-refractivity contribution in [2.24, 2.45) is 0 Å². The van der Waals surface area contributed by atoms with Crippen LogP contribution in [0.4, 0.5) is 4.79 Å². The molecule has 2 aromatic rings. The predicted molar refractivity (Wildman–Crippen MR) is 96.2 cm³/mol. The lowest BCUT2D eigenvalue weighted by Crippen LogP contribution is -2.27. The Morgan fingerprint density at radius 1 is 1.04 bits per heavy atom. The van der Waals surface area contributed by atoms with Crippen molar-refractivity contribution >= 4 is 18.2 Å². The van der Waals surface area contributed by atoms with Gasteiger partial charge in [-0.25, -0.2) is 9.59 Å². The number of oxazole rings is 1. The molecule has 0 spiro atoms. The topological polar surface area (TPSA) is 61.4 Å². The van der Waals surface area contributed by atoms with Crippen molar-refractivity contribution in [2.45, 2.75) is 34.1 Å². The van der Waals surface area contributed by atoms with Gasteiger partial charge < -0.3 is 9.15 Å². The van der Waals surface area contributed by atoms with Gasteiger partial charge in [0.25, 0.3) is 0 Å². The summed E-state index contributed by atoms with van der Waals surface area (Å²) in [6.45, 7) is 8.00. The Balaban J connectivity index is 0.000000671. The van der Waals surface area contributed by atoms with E-state index >= 15 is 0 Å². The van der Waals surface area contributed by atoms with E-state index in [0.717, 1.165) is 4.57 Å².